The Morgan fingerprint density at radius 3 is 2.95 bits per heavy atom. The number of nitrogens with zero attached hydrogens (tertiary/aromatic N) is 3. The van der Waals surface area contributed by atoms with Gasteiger partial charge in [-0.25, -0.2) is 4.68 Å². The maximum Gasteiger partial charge on any atom is 0.271 e. The SMILES string of the molecule is O=[N+]([O-])c1ccc(Br)c(-n2ccc(CNC3CC3)n2)c1. The Balaban J connectivity index is 1.83. The molecule has 20 heavy (non-hydrogen) atoms. The third-order valence-electron chi connectivity index (χ3n) is 3.18. The van der Waals surface area contributed by atoms with Gasteiger partial charge in [0.25, 0.3) is 5.69 Å². The van der Waals surface area contributed by atoms with Gasteiger partial charge in [0.2, 0.25) is 0 Å². The van der Waals surface area contributed by atoms with Gasteiger partial charge in [-0.15, -0.1) is 0 Å². The molecule has 1 aromatic heterocycles. The van der Waals surface area contributed by atoms with Crippen LogP contribution >= 0.6 is 15.9 Å². The van der Waals surface area contributed by atoms with Crippen LogP contribution in [-0.4, -0.2) is 20.7 Å². The molecule has 104 valence electrons. The van der Waals surface area contributed by atoms with Gasteiger partial charge in [-0.3, -0.25) is 10.1 Å². The molecular weight excluding hydrogens is 324 g/mol. The van der Waals surface area contributed by atoms with Crippen molar-refractivity contribution in [3.05, 3.63) is 50.7 Å². The summed E-state index contributed by atoms with van der Waals surface area (Å²) in [5.41, 5.74) is 1.64. The molecule has 1 N–H and O–H groups in total. The number of hydrogen-bond acceptors (Lipinski definition) is 4. The second kappa shape index (κ2) is 5.34. The number of halogens is 1. The van der Waals surface area contributed by atoms with Gasteiger partial charge < -0.3 is 5.32 Å². The molecule has 0 saturated heterocycles. The van der Waals surface area contributed by atoms with Crippen LogP contribution in [0.1, 0.15) is 18.5 Å². The van der Waals surface area contributed by atoms with Crippen molar-refractivity contribution in [1.29, 1.82) is 0 Å². The normalized spacial score (nSPS) is 14.4. The zero-order valence-electron chi connectivity index (χ0n) is 10.6. The number of hydrogen-bond donors (Lipinski definition) is 1. The van der Waals surface area contributed by atoms with Crippen molar-refractivity contribution in [2.24, 2.45) is 0 Å². The van der Waals surface area contributed by atoms with Crippen molar-refractivity contribution in [3.8, 4) is 5.69 Å². The molecule has 1 saturated carbocycles. The quantitative estimate of drug-likeness (QED) is 0.673. The largest absolute Gasteiger partial charge is 0.308 e. The highest BCUT2D eigenvalue weighted by Crippen LogP contribution is 2.25. The zero-order valence-corrected chi connectivity index (χ0v) is 12.2. The lowest BCUT2D eigenvalue weighted by atomic mass is 10.3. The van der Waals surface area contributed by atoms with E-state index in [-0.39, 0.29) is 5.69 Å². The Labute approximate surface area is 124 Å². The summed E-state index contributed by atoms with van der Waals surface area (Å²) in [5, 5.41) is 18.7. The number of rotatable bonds is 5. The van der Waals surface area contributed by atoms with Gasteiger partial charge in [0.1, 0.15) is 0 Å². The minimum absolute atomic E-state index is 0.0522. The highest BCUT2D eigenvalue weighted by molar-refractivity contribution is 9.10. The fraction of sp³-hybridized carbons (Fsp3) is 0.308. The van der Waals surface area contributed by atoms with Crippen molar-refractivity contribution >= 4 is 21.6 Å². The van der Waals surface area contributed by atoms with Crippen LogP contribution in [0, 0.1) is 10.1 Å². The highest BCUT2D eigenvalue weighted by atomic mass is 79.9. The second-order valence-corrected chi connectivity index (χ2v) is 5.65. The van der Waals surface area contributed by atoms with Crippen LogP contribution in [0.5, 0.6) is 0 Å². The van der Waals surface area contributed by atoms with Crippen LogP contribution in [0.2, 0.25) is 0 Å². The second-order valence-electron chi connectivity index (χ2n) is 4.80. The molecule has 1 heterocycles. The third kappa shape index (κ3) is 2.88. The van der Waals surface area contributed by atoms with E-state index in [0.717, 1.165) is 16.7 Å². The topological polar surface area (TPSA) is 73.0 Å². The van der Waals surface area contributed by atoms with Crippen molar-refractivity contribution in [1.82, 2.24) is 15.1 Å². The third-order valence-corrected chi connectivity index (χ3v) is 3.85. The molecule has 2 aromatic rings. The Morgan fingerprint density at radius 2 is 2.25 bits per heavy atom. The average molecular weight is 337 g/mol. The Morgan fingerprint density at radius 1 is 1.45 bits per heavy atom. The highest BCUT2D eigenvalue weighted by Gasteiger charge is 2.20. The number of non-ortho nitro benzene ring substituents is 1. The molecule has 0 aliphatic heterocycles. The smallest absolute Gasteiger partial charge is 0.271 e. The molecule has 3 rings (SSSR count). The first-order chi connectivity index (χ1) is 9.63. The maximum absolute atomic E-state index is 10.8. The van der Waals surface area contributed by atoms with E-state index in [9.17, 15) is 10.1 Å². The molecular formula is C13H13BrN4O2. The molecule has 0 amide bonds. The van der Waals surface area contributed by atoms with Crippen LogP contribution in [0.3, 0.4) is 0 Å². The van der Waals surface area contributed by atoms with Gasteiger partial charge in [0.05, 0.1) is 16.3 Å². The molecule has 1 fully saturated rings. The van der Waals surface area contributed by atoms with Crippen LogP contribution < -0.4 is 5.32 Å². The summed E-state index contributed by atoms with van der Waals surface area (Å²) >= 11 is 3.40. The Kier molecular flexibility index (Phi) is 3.54. The monoisotopic (exact) mass is 336 g/mol. The molecule has 1 aliphatic rings. The van der Waals surface area contributed by atoms with Gasteiger partial charge in [-0.05, 0) is 40.9 Å². The van der Waals surface area contributed by atoms with Gasteiger partial charge in [-0.1, -0.05) is 0 Å². The number of nitrogens with one attached hydrogen (secondary N) is 1. The van der Waals surface area contributed by atoms with E-state index >= 15 is 0 Å². The average Bonchev–Trinajstić information content (AvgIpc) is 3.14. The molecule has 0 bridgehead atoms. The molecule has 1 aliphatic carbocycles. The van der Waals surface area contributed by atoms with E-state index in [1.807, 2.05) is 12.3 Å². The summed E-state index contributed by atoms with van der Waals surface area (Å²) in [7, 11) is 0. The Bertz CT molecular complexity index is 652. The standard InChI is InChI=1S/C13H13BrN4O2/c14-12-4-3-11(18(19)20)7-13(12)17-6-5-10(16-17)8-15-9-1-2-9/h3-7,9,15H,1-2,8H2. The van der Waals surface area contributed by atoms with Crippen LogP contribution in [0.4, 0.5) is 5.69 Å². The summed E-state index contributed by atoms with van der Waals surface area (Å²) < 4.78 is 2.42. The maximum atomic E-state index is 10.8. The van der Waals surface area contributed by atoms with Crippen molar-refractivity contribution < 1.29 is 4.92 Å². The van der Waals surface area contributed by atoms with E-state index in [1.165, 1.54) is 25.0 Å². The number of benzene rings is 1. The summed E-state index contributed by atoms with van der Waals surface area (Å²) in [5.74, 6) is 0. The lowest BCUT2D eigenvalue weighted by molar-refractivity contribution is -0.384. The number of aromatic nitrogens is 2. The van der Waals surface area contributed by atoms with Gasteiger partial charge >= 0.3 is 0 Å². The molecule has 0 radical (unpaired) electrons. The molecule has 6 nitrogen and oxygen atoms in total. The Hall–Kier alpha value is -1.73. The van der Waals surface area contributed by atoms with Crippen LogP contribution in [-0.2, 0) is 6.54 Å². The van der Waals surface area contributed by atoms with E-state index in [4.69, 9.17) is 0 Å². The van der Waals surface area contributed by atoms with Crippen molar-refractivity contribution in [3.63, 3.8) is 0 Å². The predicted octanol–water partition coefficient (Wildman–Crippen LogP) is 2.80. The summed E-state index contributed by atoms with van der Waals surface area (Å²) in [4.78, 5) is 10.4. The molecule has 0 unspecified atom stereocenters. The van der Waals surface area contributed by atoms with Crippen LogP contribution in [0.25, 0.3) is 5.69 Å². The predicted molar refractivity (Wildman–Crippen MR) is 77.8 cm³/mol. The lowest BCUT2D eigenvalue weighted by Crippen LogP contribution is -2.15. The number of nitro groups is 1. The van der Waals surface area contributed by atoms with Gasteiger partial charge in [-0.2, -0.15) is 5.10 Å². The van der Waals surface area contributed by atoms with E-state index in [0.29, 0.717) is 11.7 Å². The first-order valence-corrected chi connectivity index (χ1v) is 7.15. The molecule has 7 heteroatoms. The van der Waals surface area contributed by atoms with Gasteiger partial charge in [0.15, 0.2) is 0 Å². The molecule has 0 atom stereocenters. The summed E-state index contributed by atoms with van der Waals surface area (Å²) in [6.07, 6.45) is 4.28. The molecule has 0 spiro atoms. The fourth-order valence-electron chi connectivity index (χ4n) is 1.92. The zero-order chi connectivity index (χ0) is 14.1. The fourth-order valence-corrected chi connectivity index (χ4v) is 2.34. The minimum Gasteiger partial charge on any atom is -0.308 e. The van der Waals surface area contributed by atoms with Crippen LogP contribution in [0.15, 0.2) is 34.9 Å². The summed E-state index contributed by atoms with van der Waals surface area (Å²) in [6, 6.07) is 7.18. The molecule has 1 aromatic carbocycles. The van der Waals surface area contributed by atoms with E-state index in [1.54, 1.807) is 10.7 Å². The van der Waals surface area contributed by atoms with E-state index in [2.05, 4.69) is 26.3 Å². The van der Waals surface area contributed by atoms with Gasteiger partial charge in [0, 0.05) is 35.4 Å². The van der Waals surface area contributed by atoms with E-state index < -0.39 is 4.92 Å². The first-order valence-electron chi connectivity index (χ1n) is 6.36. The summed E-state index contributed by atoms with van der Waals surface area (Å²) in [6.45, 7) is 0.726. The minimum atomic E-state index is -0.408. The lowest BCUT2D eigenvalue weighted by Gasteiger charge is -2.04. The van der Waals surface area contributed by atoms with Crippen molar-refractivity contribution in [2.75, 3.05) is 0 Å². The number of nitro benzene ring substituents is 1. The van der Waals surface area contributed by atoms with Crippen molar-refractivity contribution in [2.45, 2.75) is 25.4 Å². The first kappa shape index (κ1) is 13.3.